The van der Waals surface area contributed by atoms with Gasteiger partial charge >= 0.3 is 0 Å². The number of amides is 2. The molecule has 7 nitrogen and oxygen atoms in total. The molecule has 11 heteroatoms. The number of sulfonamides is 1. The fourth-order valence-corrected chi connectivity index (χ4v) is 5.34. The summed E-state index contributed by atoms with van der Waals surface area (Å²) in [6, 6.07) is 9.47. The fraction of sp³-hybridized carbons (Fsp3) is 0.0556. The average molecular weight is 452 g/mol. The normalized spacial score (nSPS) is 13.7. The molecule has 3 heterocycles. The van der Waals surface area contributed by atoms with Gasteiger partial charge in [0.2, 0.25) is 0 Å². The molecule has 0 saturated carbocycles. The molecule has 29 heavy (non-hydrogen) atoms. The molecule has 0 radical (unpaired) electrons. The Bertz CT molecular complexity index is 1220. The molecule has 0 bridgehead atoms. The minimum absolute atomic E-state index is 0.0711. The number of hydrogen-bond donors (Lipinski definition) is 1. The summed E-state index contributed by atoms with van der Waals surface area (Å²) >= 11 is 6.54. The largest absolute Gasteiger partial charge is 0.280 e. The summed E-state index contributed by atoms with van der Waals surface area (Å²) < 4.78 is 41.0. The van der Waals surface area contributed by atoms with Crippen LogP contribution in [0.4, 0.5) is 10.1 Å². The number of fused-ring (bicyclic) bond motifs is 1. The van der Waals surface area contributed by atoms with E-state index in [9.17, 15) is 22.4 Å². The van der Waals surface area contributed by atoms with E-state index in [1.165, 1.54) is 36.5 Å². The van der Waals surface area contributed by atoms with Gasteiger partial charge in [-0.25, -0.2) is 12.8 Å². The Labute approximate surface area is 173 Å². The zero-order valence-corrected chi connectivity index (χ0v) is 16.8. The summed E-state index contributed by atoms with van der Waals surface area (Å²) in [4.78, 5) is 30.2. The molecule has 0 fully saturated rings. The van der Waals surface area contributed by atoms with E-state index in [2.05, 4.69) is 9.71 Å². The van der Waals surface area contributed by atoms with Crippen LogP contribution in [0.2, 0.25) is 5.02 Å². The molecule has 0 spiro atoms. The van der Waals surface area contributed by atoms with E-state index in [4.69, 9.17) is 11.6 Å². The Hall–Kier alpha value is -2.82. The maximum atomic E-state index is 13.9. The summed E-state index contributed by atoms with van der Waals surface area (Å²) in [5.41, 5.74) is 0.0411. The monoisotopic (exact) mass is 451 g/mol. The predicted molar refractivity (Wildman–Crippen MR) is 105 cm³/mol. The van der Waals surface area contributed by atoms with Crippen LogP contribution in [0.5, 0.6) is 0 Å². The zero-order chi connectivity index (χ0) is 20.8. The Morgan fingerprint density at radius 2 is 1.93 bits per heavy atom. The van der Waals surface area contributed by atoms with Crippen molar-refractivity contribution in [3.63, 3.8) is 0 Å². The van der Waals surface area contributed by atoms with Gasteiger partial charge in [-0.15, -0.1) is 11.3 Å². The van der Waals surface area contributed by atoms with Crippen LogP contribution in [0.25, 0.3) is 0 Å². The van der Waals surface area contributed by atoms with Crippen molar-refractivity contribution in [2.75, 3.05) is 4.72 Å². The minimum atomic E-state index is -4.06. The third-order valence-electron chi connectivity index (χ3n) is 4.12. The highest BCUT2D eigenvalue weighted by molar-refractivity contribution is 7.94. The van der Waals surface area contributed by atoms with Crippen molar-refractivity contribution in [3.05, 3.63) is 75.6 Å². The van der Waals surface area contributed by atoms with Gasteiger partial charge in [-0.2, -0.15) is 0 Å². The van der Waals surface area contributed by atoms with Gasteiger partial charge in [0.05, 0.1) is 17.8 Å². The van der Waals surface area contributed by atoms with Gasteiger partial charge in [-0.05, 0) is 42.5 Å². The van der Waals surface area contributed by atoms with Crippen LogP contribution in [0.1, 0.15) is 25.7 Å². The Morgan fingerprint density at radius 1 is 1.14 bits per heavy atom. The highest BCUT2D eigenvalue weighted by Gasteiger charge is 2.36. The Kier molecular flexibility index (Phi) is 4.85. The second-order valence-corrected chi connectivity index (χ2v) is 9.56. The number of imide groups is 1. The van der Waals surface area contributed by atoms with E-state index >= 15 is 0 Å². The van der Waals surface area contributed by atoms with Gasteiger partial charge in [-0.1, -0.05) is 11.6 Å². The van der Waals surface area contributed by atoms with Gasteiger partial charge in [0, 0.05) is 16.1 Å². The molecule has 2 amide bonds. The van der Waals surface area contributed by atoms with Crippen molar-refractivity contribution in [3.8, 4) is 0 Å². The number of nitrogens with one attached hydrogen (secondary N) is 1. The molecule has 1 aliphatic heterocycles. The van der Waals surface area contributed by atoms with Crippen LogP contribution in [0.3, 0.4) is 0 Å². The van der Waals surface area contributed by atoms with Crippen LogP contribution < -0.4 is 4.72 Å². The van der Waals surface area contributed by atoms with Gasteiger partial charge in [0.15, 0.2) is 0 Å². The maximum Gasteiger partial charge on any atom is 0.280 e. The first kappa shape index (κ1) is 19.5. The number of thiophene rings is 1. The number of benzene rings is 1. The summed E-state index contributed by atoms with van der Waals surface area (Å²) in [6.07, 6.45) is 1.42. The first-order valence-corrected chi connectivity index (χ1v) is 10.8. The highest BCUT2D eigenvalue weighted by Crippen LogP contribution is 2.29. The second kappa shape index (κ2) is 7.21. The molecular formula is C18H11ClFN3O4S2. The van der Waals surface area contributed by atoms with Crippen molar-refractivity contribution in [2.24, 2.45) is 0 Å². The van der Waals surface area contributed by atoms with Crippen LogP contribution in [-0.4, -0.2) is 30.1 Å². The second-order valence-electron chi connectivity index (χ2n) is 6.05. The number of anilines is 1. The van der Waals surface area contributed by atoms with Gasteiger partial charge in [0.1, 0.15) is 15.7 Å². The number of nitrogens with zero attached hydrogens (tertiary/aromatic N) is 2. The zero-order valence-electron chi connectivity index (χ0n) is 14.4. The SMILES string of the molecule is O=C1c2cccnc2C(=O)N1Cc1ccc(S(=O)(=O)Nc2ccc(Cl)cc2F)s1. The molecule has 0 aliphatic carbocycles. The summed E-state index contributed by atoms with van der Waals surface area (Å²) in [5.74, 6) is -1.83. The van der Waals surface area contributed by atoms with Crippen molar-refractivity contribution in [2.45, 2.75) is 10.8 Å². The first-order chi connectivity index (χ1) is 13.8. The van der Waals surface area contributed by atoms with Crippen molar-refractivity contribution >= 4 is 50.5 Å². The van der Waals surface area contributed by atoms with E-state index in [0.717, 1.165) is 22.3 Å². The van der Waals surface area contributed by atoms with Gasteiger partial charge < -0.3 is 0 Å². The third kappa shape index (κ3) is 3.61. The fourth-order valence-electron chi connectivity index (χ4n) is 2.77. The summed E-state index contributed by atoms with van der Waals surface area (Å²) in [6.45, 7) is -0.0937. The smallest absolute Gasteiger partial charge is 0.276 e. The maximum absolute atomic E-state index is 13.9. The van der Waals surface area contributed by atoms with Gasteiger partial charge in [0.25, 0.3) is 21.8 Å². The number of carbonyl (C=O) groups excluding carboxylic acids is 2. The standard InChI is InChI=1S/C18H11ClFN3O4S2/c19-10-3-5-14(13(20)8-10)22-29(26,27)15-6-4-11(28-15)9-23-17(24)12-2-1-7-21-16(12)18(23)25/h1-8,22H,9H2. The van der Waals surface area contributed by atoms with E-state index in [-0.39, 0.29) is 32.7 Å². The Morgan fingerprint density at radius 3 is 2.66 bits per heavy atom. The van der Waals surface area contributed by atoms with E-state index < -0.39 is 27.7 Å². The van der Waals surface area contributed by atoms with Gasteiger partial charge in [-0.3, -0.25) is 24.2 Å². The average Bonchev–Trinajstić information content (AvgIpc) is 3.25. The molecule has 3 aromatic rings. The molecule has 1 aliphatic rings. The van der Waals surface area contributed by atoms with Crippen LogP contribution in [-0.2, 0) is 16.6 Å². The van der Waals surface area contributed by atoms with Crippen LogP contribution in [0.15, 0.2) is 52.9 Å². The van der Waals surface area contributed by atoms with E-state index in [1.807, 2.05) is 0 Å². The molecule has 1 N–H and O–H groups in total. The molecule has 1 aromatic carbocycles. The molecule has 0 saturated heterocycles. The third-order valence-corrected chi connectivity index (χ3v) is 7.28. The molecular weight excluding hydrogens is 441 g/mol. The number of carbonyl (C=O) groups is 2. The van der Waals surface area contributed by atoms with E-state index in [1.54, 1.807) is 6.07 Å². The molecule has 4 rings (SSSR count). The van der Waals surface area contributed by atoms with Crippen molar-refractivity contribution in [1.82, 2.24) is 9.88 Å². The van der Waals surface area contributed by atoms with E-state index in [0.29, 0.717) is 4.88 Å². The predicted octanol–water partition coefficient (Wildman–Crippen LogP) is 3.53. The van der Waals surface area contributed by atoms with Crippen molar-refractivity contribution in [1.29, 1.82) is 0 Å². The minimum Gasteiger partial charge on any atom is -0.276 e. The number of pyridine rings is 1. The lowest BCUT2D eigenvalue weighted by Gasteiger charge is -2.11. The Balaban J connectivity index is 1.54. The summed E-state index contributed by atoms with van der Waals surface area (Å²) in [5, 5.41) is 0.138. The lowest BCUT2D eigenvalue weighted by Crippen LogP contribution is -2.28. The number of halogens is 2. The van der Waals surface area contributed by atoms with Crippen molar-refractivity contribution < 1.29 is 22.4 Å². The van der Waals surface area contributed by atoms with Crippen LogP contribution >= 0.6 is 22.9 Å². The highest BCUT2D eigenvalue weighted by atomic mass is 35.5. The lowest BCUT2D eigenvalue weighted by molar-refractivity contribution is 0.0642. The molecule has 0 unspecified atom stereocenters. The molecule has 0 atom stereocenters. The first-order valence-electron chi connectivity index (χ1n) is 8.14. The number of rotatable bonds is 5. The topological polar surface area (TPSA) is 96.4 Å². The quantitative estimate of drug-likeness (QED) is 0.598. The van der Waals surface area contributed by atoms with Crippen LogP contribution in [0, 0.1) is 5.82 Å². The lowest BCUT2D eigenvalue weighted by atomic mass is 10.2. The summed E-state index contributed by atoms with van der Waals surface area (Å²) in [7, 11) is -4.06. The molecule has 2 aromatic heterocycles. The number of aromatic nitrogens is 1. The number of hydrogen-bond acceptors (Lipinski definition) is 6. The molecule has 148 valence electrons.